The predicted octanol–water partition coefficient (Wildman–Crippen LogP) is 3.74. The summed E-state index contributed by atoms with van der Waals surface area (Å²) in [4.78, 5) is 23.7. The molecule has 1 atom stereocenters. The molecule has 4 nitrogen and oxygen atoms in total. The maximum absolute atomic E-state index is 12.3. The fraction of sp³-hybridized carbons (Fsp3) is 0.882. The Morgan fingerprint density at radius 3 is 2.24 bits per heavy atom. The van der Waals surface area contributed by atoms with E-state index in [9.17, 15) is 14.7 Å². The van der Waals surface area contributed by atoms with Crippen LogP contribution in [-0.2, 0) is 9.59 Å². The van der Waals surface area contributed by atoms with E-state index in [1.165, 1.54) is 19.3 Å². The van der Waals surface area contributed by atoms with Gasteiger partial charge in [0.15, 0.2) is 0 Å². The van der Waals surface area contributed by atoms with E-state index in [0.29, 0.717) is 6.42 Å². The van der Waals surface area contributed by atoms with Gasteiger partial charge in [-0.25, -0.2) is 4.79 Å². The van der Waals surface area contributed by atoms with Crippen molar-refractivity contribution >= 4 is 11.9 Å². The first kappa shape index (κ1) is 18.0. The molecule has 0 aliphatic heterocycles. The summed E-state index contributed by atoms with van der Waals surface area (Å²) < 4.78 is 0. The third-order valence-corrected chi connectivity index (χ3v) is 4.80. The fourth-order valence-electron chi connectivity index (χ4n) is 3.30. The largest absolute Gasteiger partial charge is 0.480 e. The summed E-state index contributed by atoms with van der Waals surface area (Å²) in [5, 5.41) is 12.1. The van der Waals surface area contributed by atoms with Crippen molar-refractivity contribution in [1.29, 1.82) is 0 Å². The van der Waals surface area contributed by atoms with E-state index in [-0.39, 0.29) is 11.8 Å². The highest BCUT2D eigenvalue weighted by atomic mass is 16.4. The molecule has 0 spiro atoms. The number of hydrogen-bond donors (Lipinski definition) is 2. The quantitative estimate of drug-likeness (QED) is 0.717. The first-order valence-electron chi connectivity index (χ1n) is 8.48. The zero-order valence-electron chi connectivity index (χ0n) is 13.8. The summed E-state index contributed by atoms with van der Waals surface area (Å²) >= 11 is 0. The second kappa shape index (κ2) is 8.40. The molecule has 0 bridgehead atoms. The first-order valence-corrected chi connectivity index (χ1v) is 8.48. The fourth-order valence-corrected chi connectivity index (χ4v) is 3.30. The third-order valence-electron chi connectivity index (χ3n) is 4.80. The van der Waals surface area contributed by atoms with Crippen LogP contribution in [-0.4, -0.2) is 22.5 Å². The van der Waals surface area contributed by atoms with Gasteiger partial charge in [0, 0.05) is 5.92 Å². The Balaban J connectivity index is 2.48. The number of carboxylic acid groups (broad SMARTS) is 1. The van der Waals surface area contributed by atoms with Gasteiger partial charge in [-0.3, -0.25) is 4.79 Å². The highest BCUT2D eigenvalue weighted by Gasteiger charge is 2.36. The van der Waals surface area contributed by atoms with E-state index in [4.69, 9.17) is 0 Å². The van der Waals surface area contributed by atoms with Gasteiger partial charge in [-0.15, -0.1) is 0 Å². The second-order valence-electron chi connectivity index (χ2n) is 6.74. The predicted molar refractivity (Wildman–Crippen MR) is 84.1 cm³/mol. The number of carbonyl (C=O) groups excluding carboxylic acids is 1. The summed E-state index contributed by atoms with van der Waals surface area (Å²) in [5.41, 5.74) is -1.12. The molecule has 0 heterocycles. The van der Waals surface area contributed by atoms with Gasteiger partial charge in [-0.2, -0.15) is 0 Å². The van der Waals surface area contributed by atoms with Crippen LogP contribution in [0.4, 0.5) is 0 Å². The third kappa shape index (κ3) is 5.33. The summed E-state index contributed by atoms with van der Waals surface area (Å²) in [6.07, 6.45) is 9.01. The van der Waals surface area contributed by atoms with E-state index in [2.05, 4.69) is 12.2 Å². The monoisotopic (exact) mass is 297 g/mol. The number of amides is 1. The zero-order valence-corrected chi connectivity index (χ0v) is 13.8. The lowest BCUT2D eigenvalue weighted by atomic mass is 9.79. The molecular weight excluding hydrogens is 266 g/mol. The molecule has 2 N–H and O–H groups in total. The average molecular weight is 297 g/mol. The molecule has 0 saturated heterocycles. The van der Waals surface area contributed by atoms with Crippen molar-refractivity contribution in [1.82, 2.24) is 5.32 Å². The molecule has 122 valence electrons. The van der Waals surface area contributed by atoms with Crippen molar-refractivity contribution in [3.8, 4) is 0 Å². The Kier molecular flexibility index (Phi) is 7.20. The van der Waals surface area contributed by atoms with Crippen LogP contribution < -0.4 is 5.32 Å². The van der Waals surface area contributed by atoms with Gasteiger partial charge in [0.1, 0.15) is 5.54 Å². The summed E-state index contributed by atoms with van der Waals surface area (Å²) in [5.74, 6) is -0.245. The lowest BCUT2D eigenvalue weighted by Crippen LogP contribution is -2.54. The summed E-state index contributed by atoms with van der Waals surface area (Å²) in [7, 11) is 0. The second-order valence-corrected chi connectivity index (χ2v) is 6.74. The van der Waals surface area contributed by atoms with Crippen LogP contribution in [0.1, 0.15) is 78.6 Å². The van der Waals surface area contributed by atoms with Gasteiger partial charge in [-0.1, -0.05) is 39.5 Å². The van der Waals surface area contributed by atoms with Crippen molar-refractivity contribution in [2.24, 2.45) is 11.8 Å². The SMILES string of the molecule is CCCCC1CCC(C(=O)NC(C)(CCC)C(=O)O)CC1. The van der Waals surface area contributed by atoms with Gasteiger partial charge in [-0.05, 0) is 44.9 Å². The van der Waals surface area contributed by atoms with Crippen molar-refractivity contribution in [3.63, 3.8) is 0 Å². The summed E-state index contributed by atoms with van der Waals surface area (Å²) in [6, 6.07) is 0. The topological polar surface area (TPSA) is 66.4 Å². The van der Waals surface area contributed by atoms with Crippen LogP contribution in [0.2, 0.25) is 0 Å². The normalized spacial score (nSPS) is 25.1. The van der Waals surface area contributed by atoms with Crippen LogP contribution >= 0.6 is 0 Å². The molecule has 1 aliphatic rings. The average Bonchev–Trinajstić information content (AvgIpc) is 2.45. The Hall–Kier alpha value is -1.06. The number of nitrogens with one attached hydrogen (secondary N) is 1. The smallest absolute Gasteiger partial charge is 0.329 e. The molecular formula is C17H31NO3. The highest BCUT2D eigenvalue weighted by molar-refractivity contribution is 5.87. The highest BCUT2D eigenvalue weighted by Crippen LogP contribution is 2.32. The van der Waals surface area contributed by atoms with Gasteiger partial charge < -0.3 is 10.4 Å². The molecule has 1 rings (SSSR count). The summed E-state index contributed by atoms with van der Waals surface area (Å²) in [6.45, 7) is 5.76. The maximum Gasteiger partial charge on any atom is 0.329 e. The Labute approximate surface area is 128 Å². The Bertz CT molecular complexity index is 348. The molecule has 1 aliphatic carbocycles. The minimum absolute atomic E-state index is 0.00147. The number of carboxylic acids is 1. The van der Waals surface area contributed by atoms with E-state index in [1.807, 2.05) is 6.92 Å². The number of unbranched alkanes of at least 4 members (excludes halogenated alkanes) is 1. The van der Waals surface area contributed by atoms with Crippen LogP contribution in [0.3, 0.4) is 0 Å². The van der Waals surface area contributed by atoms with E-state index >= 15 is 0 Å². The van der Waals surface area contributed by atoms with Crippen LogP contribution in [0.15, 0.2) is 0 Å². The molecule has 4 heteroatoms. The first-order chi connectivity index (χ1) is 9.92. The number of aliphatic carboxylic acids is 1. The van der Waals surface area contributed by atoms with Crippen molar-refractivity contribution in [2.75, 3.05) is 0 Å². The molecule has 0 aromatic carbocycles. The zero-order chi connectivity index (χ0) is 15.9. The van der Waals surface area contributed by atoms with Crippen LogP contribution in [0.25, 0.3) is 0 Å². The number of rotatable bonds is 8. The minimum Gasteiger partial charge on any atom is -0.480 e. The number of carbonyl (C=O) groups is 2. The molecule has 1 amide bonds. The standard InChI is InChI=1S/C17H31NO3/c1-4-6-7-13-8-10-14(11-9-13)15(19)18-17(3,12-5-2)16(20)21/h13-14H,4-12H2,1-3H3,(H,18,19)(H,20,21). The van der Waals surface area contributed by atoms with E-state index in [0.717, 1.165) is 38.0 Å². The minimum atomic E-state index is -1.12. The van der Waals surface area contributed by atoms with Gasteiger partial charge >= 0.3 is 5.97 Å². The molecule has 21 heavy (non-hydrogen) atoms. The van der Waals surface area contributed by atoms with Gasteiger partial charge in [0.05, 0.1) is 0 Å². The van der Waals surface area contributed by atoms with Crippen molar-refractivity contribution in [2.45, 2.75) is 84.1 Å². The Morgan fingerprint density at radius 1 is 1.14 bits per heavy atom. The van der Waals surface area contributed by atoms with E-state index < -0.39 is 11.5 Å². The lowest BCUT2D eigenvalue weighted by Gasteiger charge is -2.32. The lowest BCUT2D eigenvalue weighted by molar-refractivity contribution is -0.148. The molecule has 0 radical (unpaired) electrons. The molecule has 1 fully saturated rings. The molecule has 0 aromatic rings. The molecule has 1 saturated carbocycles. The maximum atomic E-state index is 12.3. The molecule has 1 unspecified atom stereocenters. The van der Waals surface area contributed by atoms with E-state index in [1.54, 1.807) is 6.92 Å². The van der Waals surface area contributed by atoms with Crippen molar-refractivity contribution in [3.05, 3.63) is 0 Å². The van der Waals surface area contributed by atoms with Crippen LogP contribution in [0.5, 0.6) is 0 Å². The van der Waals surface area contributed by atoms with Crippen LogP contribution in [0, 0.1) is 11.8 Å². The Morgan fingerprint density at radius 2 is 1.76 bits per heavy atom. The van der Waals surface area contributed by atoms with Gasteiger partial charge in [0.25, 0.3) is 0 Å². The van der Waals surface area contributed by atoms with Crippen molar-refractivity contribution < 1.29 is 14.7 Å². The number of hydrogen-bond acceptors (Lipinski definition) is 2. The molecule has 0 aromatic heterocycles. The van der Waals surface area contributed by atoms with Gasteiger partial charge in [0.2, 0.25) is 5.91 Å².